The molecule has 39 heavy (non-hydrogen) atoms. The minimum absolute atomic E-state index is 0.0624. The summed E-state index contributed by atoms with van der Waals surface area (Å²) >= 11 is 5.00. The predicted molar refractivity (Wildman–Crippen MR) is 136 cm³/mol. The van der Waals surface area contributed by atoms with Crippen molar-refractivity contribution in [2.75, 3.05) is 32.2 Å². The molecule has 2 N–H and O–H groups in total. The fraction of sp³-hybridized carbons (Fsp3) is 0.320. The molecule has 0 radical (unpaired) electrons. The van der Waals surface area contributed by atoms with Gasteiger partial charge in [0.15, 0.2) is 0 Å². The van der Waals surface area contributed by atoms with Crippen LogP contribution < -0.4 is 10.1 Å². The maximum atomic E-state index is 13.0. The molecule has 3 aromatic heterocycles. The summed E-state index contributed by atoms with van der Waals surface area (Å²) in [5, 5.41) is 19.5. The van der Waals surface area contributed by atoms with Crippen molar-refractivity contribution >= 4 is 34.9 Å². The number of aromatic nitrogens is 4. The third-order valence-corrected chi connectivity index (χ3v) is 5.25. The van der Waals surface area contributed by atoms with E-state index in [-0.39, 0.29) is 35.6 Å². The van der Waals surface area contributed by atoms with Crippen molar-refractivity contribution in [1.82, 2.24) is 20.2 Å². The third-order valence-electron chi connectivity index (χ3n) is 4.70. The van der Waals surface area contributed by atoms with Crippen LogP contribution in [0.2, 0.25) is 0 Å². The van der Waals surface area contributed by atoms with Crippen molar-refractivity contribution in [1.29, 1.82) is 0 Å². The molecule has 4 rings (SSSR count). The Morgan fingerprint density at radius 3 is 2.69 bits per heavy atom. The summed E-state index contributed by atoms with van der Waals surface area (Å²) < 4.78 is 36.0. The molecule has 0 unspecified atom stereocenters. The number of carboxylic acids is 1. The Hall–Kier alpha value is -3.66. The van der Waals surface area contributed by atoms with E-state index in [1.165, 1.54) is 43.6 Å². The number of alkyl halides is 2. The van der Waals surface area contributed by atoms with Gasteiger partial charge < -0.3 is 41.0 Å². The Morgan fingerprint density at radius 2 is 2.10 bits per heavy atom. The molecule has 1 aliphatic carbocycles. The van der Waals surface area contributed by atoms with E-state index in [2.05, 4.69) is 63.4 Å². The van der Waals surface area contributed by atoms with Gasteiger partial charge in [-0.2, -0.15) is 0 Å². The summed E-state index contributed by atoms with van der Waals surface area (Å²) in [6.07, 6.45) is 3.84. The fourth-order valence-corrected chi connectivity index (χ4v) is 3.17. The molecule has 210 valence electrons. The summed E-state index contributed by atoms with van der Waals surface area (Å²) in [7, 11) is 1.35. The number of pyridine rings is 2. The van der Waals surface area contributed by atoms with Crippen LogP contribution in [0.15, 0.2) is 24.5 Å². The number of hydrogen-bond donors (Lipinski definition) is 2. The molecule has 1 aliphatic rings. The SMILES string of the molecule is C(#CC1CC1)c1nn[c-]s1.COc1cnc(C(F)F)cc1-c1cc(NCCOCC(=O)O)ncc1[C-]=O.[CH2]=[Ni]. The van der Waals surface area contributed by atoms with Crippen LogP contribution in [0.3, 0.4) is 0 Å². The number of nitrogens with one attached hydrogen (secondary N) is 1. The van der Waals surface area contributed by atoms with E-state index in [9.17, 15) is 18.4 Å². The summed E-state index contributed by atoms with van der Waals surface area (Å²) in [5.41, 5.74) is 5.66. The van der Waals surface area contributed by atoms with E-state index in [0.29, 0.717) is 11.7 Å². The van der Waals surface area contributed by atoms with E-state index < -0.39 is 24.7 Å². The molecule has 0 spiro atoms. The van der Waals surface area contributed by atoms with Crippen LogP contribution >= 0.6 is 11.3 Å². The first-order valence-corrected chi connectivity index (χ1v) is 12.6. The predicted octanol–water partition coefficient (Wildman–Crippen LogP) is 3.13. The van der Waals surface area contributed by atoms with Crippen LogP contribution in [0.1, 0.15) is 35.5 Å². The molecule has 0 aromatic carbocycles. The van der Waals surface area contributed by atoms with E-state index in [1.807, 2.05) is 0 Å². The topological polar surface area (TPSA) is 136 Å². The van der Waals surface area contributed by atoms with Gasteiger partial charge in [-0.15, -0.1) is 23.0 Å². The van der Waals surface area contributed by atoms with Crippen LogP contribution in [-0.2, 0) is 29.4 Å². The number of ether oxygens (including phenoxy) is 2. The number of carbonyl (C=O) groups excluding carboxylic acids is 1. The van der Waals surface area contributed by atoms with Crippen molar-refractivity contribution in [3.63, 3.8) is 0 Å². The van der Waals surface area contributed by atoms with Gasteiger partial charge in [0.05, 0.1) is 26.2 Å². The number of carboxylic acid groups (broad SMARTS) is 1. The van der Waals surface area contributed by atoms with Crippen LogP contribution in [0.4, 0.5) is 14.6 Å². The Labute approximate surface area is 235 Å². The number of halogens is 2. The Kier molecular flexibility index (Phi) is 13.8. The van der Waals surface area contributed by atoms with Crippen LogP contribution in [-0.4, -0.2) is 69.9 Å². The van der Waals surface area contributed by atoms with Gasteiger partial charge in [0.2, 0.25) is 0 Å². The Morgan fingerprint density at radius 1 is 1.33 bits per heavy atom. The maximum absolute atomic E-state index is 13.0. The minimum atomic E-state index is -2.79. The third kappa shape index (κ3) is 10.9. The van der Waals surface area contributed by atoms with Crippen LogP contribution in [0.25, 0.3) is 11.1 Å². The number of anilines is 1. The van der Waals surface area contributed by atoms with E-state index >= 15 is 0 Å². The van der Waals surface area contributed by atoms with Gasteiger partial charge in [0.1, 0.15) is 23.9 Å². The first kappa shape index (κ1) is 31.6. The van der Waals surface area contributed by atoms with Crippen LogP contribution in [0, 0.1) is 23.3 Å². The second-order valence-electron chi connectivity index (χ2n) is 7.44. The van der Waals surface area contributed by atoms with Gasteiger partial charge in [0.25, 0.3) is 6.43 Å². The monoisotopic (exact) mass is 601 g/mol. The number of methoxy groups -OCH3 is 1. The Balaban J connectivity index is 0.000000365. The summed E-state index contributed by atoms with van der Waals surface area (Å²) in [6.45, 7) is -0.0668. The van der Waals surface area contributed by atoms with Crippen molar-refractivity contribution in [3.05, 3.63) is 46.3 Å². The average Bonchev–Trinajstić information content (AvgIpc) is 3.64. The summed E-state index contributed by atoms with van der Waals surface area (Å²) in [4.78, 5) is 29.3. The number of rotatable bonds is 10. The Bertz CT molecular complexity index is 1280. The molecular weight excluding hydrogens is 579 g/mol. The van der Waals surface area contributed by atoms with Crippen molar-refractivity contribution in [3.8, 4) is 28.7 Å². The zero-order valence-corrected chi connectivity index (χ0v) is 22.4. The number of nitrogens with zero attached hydrogens (tertiary/aromatic N) is 4. The quantitative estimate of drug-likeness (QED) is 0.154. The van der Waals surface area contributed by atoms with Crippen molar-refractivity contribution < 1.29 is 48.0 Å². The van der Waals surface area contributed by atoms with E-state index in [1.54, 1.807) is 6.29 Å². The molecule has 3 aromatic rings. The molecule has 0 aliphatic heterocycles. The second-order valence-corrected chi connectivity index (χ2v) is 8.22. The van der Waals surface area contributed by atoms with Gasteiger partial charge in [-0.25, -0.2) is 18.7 Å². The second kappa shape index (κ2) is 17.0. The molecule has 0 amide bonds. The van der Waals surface area contributed by atoms with Crippen molar-refractivity contribution in [2.24, 2.45) is 5.92 Å². The molecule has 10 nitrogen and oxygen atoms in total. The zero-order chi connectivity index (χ0) is 28.6. The molecule has 1 saturated carbocycles. The van der Waals surface area contributed by atoms with Crippen molar-refractivity contribution in [2.45, 2.75) is 19.3 Å². The average molecular weight is 602 g/mol. The first-order chi connectivity index (χ1) is 18.9. The zero-order valence-electron chi connectivity index (χ0n) is 20.6. The molecule has 3 heterocycles. The number of aliphatic carboxylic acids is 1. The van der Waals surface area contributed by atoms with Crippen LogP contribution in [0.5, 0.6) is 5.75 Å². The number of carbonyl (C=O) groups is 1. The molecule has 1 fully saturated rings. The summed E-state index contributed by atoms with van der Waals surface area (Å²) in [6, 6.07) is 2.62. The normalized spacial score (nSPS) is 11.6. The van der Waals surface area contributed by atoms with Gasteiger partial charge in [0, 0.05) is 17.5 Å². The van der Waals surface area contributed by atoms with Gasteiger partial charge in [-0.05, 0) is 24.5 Å². The standard InChI is InChI=1S/C17H16F2N3O5.C7H5N2S.CH2.Ni/c1-26-14-7-21-13(17(18)19)4-12(14)11-5-15(22-6-10(11)8-23)20-2-3-27-9-16(24)25;1-2-6(1)3-4-7-9-8-5-10-7;;/h4-7,17H,2-3,9H2,1H3,(H,20,22)(H,24,25);6H,1-2H2;1H2;/q2*-1;;. The van der Waals surface area contributed by atoms with Gasteiger partial charge in [-0.1, -0.05) is 17.8 Å². The first-order valence-electron chi connectivity index (χ1n) is 11.1. The molecule has 0 bridgehead atoms. The van der Waals surface area contributed by atoms with E-state index in [4.69, 9.17) is 14.6 Å². The molecule has 0 atom stereocenters. The molecular formula is C25H23F2N5NiO5S-2. The molecule has 14 heteroatoms. The van der Waals surface area contributed by atoms with Gasteiger partial charge in [-0.3, -0.25) is 10.1 Å². The molecule has 0 saturated heterocycles. The van der Waals surface area contributed by atoms with Gasteiger partial charge >= 0.3 is 26.5 Å². The summed E-state index contributed by atoms with van der Waals surface area (Å²) in [5.74, 6) is 6.15. The fourth-order valence-electron chi connectivity index (χ4n) is 2.81. The van der Waals surface area contributed by atoms with E-state index in [0.717, 1.165) is 17.3 Å². The number of hydrogen-bond acceptors (Lipinski definition) is 10.